The highest BCUT2D eigenvalue weighted by Crippen LogP contribution is 2.16. The second-order valence-electron chi connectivity index (χ2n) is 6.24. The summed E-state index contributed by atoms with van der Waals surface area (Å²) in [6, 6.07) is 13.3. The van der Waals surface area contributed by atoms with E-state index in [9.17, 15) is 14.0 Å². The molecule has 0 unspecified atom stereocenters. The fourth-order valence-corrected chi connectivity index (χ4v) is 3.29. The van der Waals surface area contributed by atoms with E-state index >= 15 is 0 Å². The third-order valence-corrected chi connectivity index (χ3v) is 4.87. The van der Waals surface area contributed by atoms with Gasteiger partial charge in [0, 0.05) is 11.1 Å². The average molecular weight is 398 g/mol. The number of ether oxygens (including phenoxy) is 1. The third-order valence-electron chi connectivity index (χ3n) is 3.97. The Balaban J connectivity index is 1.47. The van der Waals surface area contributed by atoms with Gasteiger partial charge in [0.25, 0.3) is 0 Å². The van der Waals surface area contributed by atoms with Gasteiger partial charge >= 0.3 is 5.97 Å². The van der Waals surface area contributed by atoms with Crippen LogP contribution in [0.3, 0.4) is 0 Å². The summed E-state index contributed by atoms with van der Waals surface area (Å²) in [4.78, 5) is 28.4. The summed E-state index contributed by atoms with van der Waals surface area (Å²) in [5.41, 5.74) is 3.04. The first kappa shape index (κ1) is 19.7. The molecule has 0 radical (unpaired) electrons. The van der Waals surface area contributed by atoms with E-state index in [1.165, 1.54) is 23.5 Å². The number of aromatic nitrogens is 1. The van der Waals surface area contributed by atoms with Crippen molar-refractivity contribution in [3.8, 4) is 0 Å². The highest BCUT2D eigenvalue weighted by atomic mass is 32.1. The largest absolute Gasteiger partial charge is 0.459 e. The molecule has 1 amide bonds. The first-order valence-corrected chi connectivity index (χ1v) is 9.56. The summed E-state index contributed by atoms with van der Waals surface area (Å²) < 4.78 is 18.1. The minimum Gasteiger partial charge on any atom is -0.459 e. The quantitative estimate of drug-likeness (QED) is 0.610. The molecular weight excluding hydrogens is 379 g/mol. The Morgan fingerprint density at radius 3 is 2.61 bits per heavy atom. The predicted molar refractivity (Wildman–Crippen MR) is 106 cm³/mol. The number of hydrogen-bond donors (Lipinski definition) is 1. The van der Waals surface area contributed by atoms with Crippen LogP contribution in [0.2, 0.25) is 0 Å². The van der Waals surface area contributed by atoms with Gasteiger partial charge in [0.05, 0.1) is 18.5 Å². The molecule has 7 heteroatoms. The number of rotatable bonds is 7. The molecule has 0 aliphatic heterocycles. The molecule has 0 saturated carbocycles. The van der Waals surface area contributed by atoms with E-state index in [0.29, 0.717) is 16.3 Å². The maximum absolute atomic E-state index is 12.9. The van der Waals surface area contributed by atoms with E-state index in [4.69, 9.17) is 4.74 Å². The molecular formula is C21H19FN2O3S. The Kier molecular flexibility index (Phi) is 6.49. The fourth-order valence-electron chi connectivity index (χ4n) is 2.52. The Labute approximate surface area is 166 Å². The number of anilines is 1. The van der Waals surface area contributed by atoms with Gasteiger partial charge in [-0.3, -0.25) is 9.59 Å². The number of nitrogens with one attached hydrogen (secondary N) is 1. The minimum absolute atomic E-state index is 0.0376. The number of carbonyl (C=O) groups is 2. The smallest absolute Gasteiger partial charge is 0.310 e. The van der Waals surface area contributed by atoms with Crippen molar-refractivity contribution in [3.05, 3.63) is 81.6 Å². The number of benzene rings is 2. The number of esters is 1. The first-order valence-electron chi connectivity index (χ1n) is 8.68. The third kappa shape index (κ3) is 5.72. The molecule has 1 aromatic heterocycles. The molecule has 1 N–H and O–H groups in total. The molecule has 1 heterocycles. The monoisotopic (exact) mass is 398 g/mol. The highest BCUT2D eigenvalue weighted by molar-refractivity contribution is 7.09. The lowest BCUT2D eigenvalue weighted by Gasteiger charge is -2.06. The van der Waals surface area contributed by atoms with Crippen LogP contribution in [0.4, 0.5) is 10.1 Å². The lowest BCUT2D eigenvalue weighted by Crippen LogP contribution is -2.15. The number of nitrogens with zero attached hydrogens (tertiary/aromatic N) is 1. The first-order chi connectivity index (χ1) is 13.5. The Morgan fingerprint density at radius 2 is 1.86 bits per heavy atom. The van der Waals surface area contributed by atoms with Gasteiger partial charge in [-0.2, -0.15) is 0 Å². The predicted octanol–water partition coefficient (Wildman–Crippen LogP) is 4.06. The SMILES string of the molecule is Cc1ccccc1NC(=O)Cc1nc(COC(=O)Cc2ccc(F)cc2)cs1. The van der Waals surface area contributed by atoms with Crippen LogP contribution >= 0.6 is 11.3 Å². The van der Waals surface area contributed by atoms with Gasteiger partial charge in [-0.25, -0.2) is 9.37 Å². The van der Waals surface area contributed by atoms with E-state index in [-0.39, 0.29) is 31.2 Å². The molecule has 5 nitrogen and oxygen atoms in total. The molecule has 0 aliphatic rings. The molecule has 0 atom stereocenters. The van der Waals surface area contributed by atoms with E-state index in [2.05, 4.69) is 10.3 Å². The van der Waals surface area contributed by atoms with Crippen LogP contribution < -0.4 is 5.32 Å². The fraction of sp³-hybridized carbons (Fsp3) is 0.190. The number of halogens is 1. The van der Waals surface area contributed by atoms with Crippen molar-refractivity contribution in [1.82, 2.24) is 4.98 Å². The second-order valence-corrected chi connectivity index (χ2v) is 7.18. The molecule has 3 aromatic rings. The Bertz CT molecular complexity index is 970. The number of para-hydroxylation sites is 1. The van der Waals surface area contributed by atoms with Crippen molar-refractivity contribution in [2.75, 3.05) is 5.32 Å². The topological polar surface area (TPSA) is 68.3 Å². The summed E-state index contributed by atoms with van der Waals surface area (Å²) in [5.74, 6) is -0.916. The number of amides is 1. The van der Waals surface area contributed by atoms with Gasteiger partial charge in [0.2, 0.25) is 5.91 Å². The van der Waals surface area contributed by atoms with Crippen LogP contribution in [0.25, 0.3) is 0 Å². The number of carbonyl (C=O) groups excluding carboxylic acids is 2. The van der Waals surface area contributed by atoms with Crippen LogP contribution in [0.15, 0.2) is 53.9 Å². The normalized spacial score (nSPS) is 10.5. The summed E-state index contributed by atoms with van der Waals surface area (Å²) in [5, 5.41) is 5.28. The summed E-state index contributed by atoms with van der Waals surface area (Å²) in [6.45, 7) is 1.97. The molecule has 0 saturated heterocycles. The summed E-state index contributed by atoms with van der Waals surface area (Å²) >= 11 is 1.34. The van der Waals surface area contributed by atoms with Crippen molar-refractivity contribution in [2.45, 2.75) is 26.4 Å². The minimum atomic E-state index is -0.418. The molecule has 0 spiro atoms. The van der Waals surface area contributed by atoms with Gasteiger partial charge in [-0.15, -0.1) is 11.3 Å². The van der Waals surface area contributed by atoms with E-state index in [0.717, 1.165) is 11.3 Å². The zero-order chi connectivity index (χ0) is 19.9. The van der Waals surface area contributed by atoms with Gasteiger partial charge < -0.3 is 10.1 Å². The van der Waals surface area contributed by atoms with Crippen molar-refractivity contribution in [2.24, 2.45) is 0 Å². The zero-order valence-corrected chi connectivity index (χ0v) is 16.1. The van der Waals surface area contributed by atoms with Crippen LogP contribution in [0.5, 0.6) is 0 Å². The van der Waals surface area contributed by atoms with E-state index < -0.39 is 5.97 Å². The van der Waals surface area contributed by atoms with Gasteiger partial charge in [0.15, 0.2) is 0 Å². The molecule has 28 heavy (non-hydrogen) atoms. The maximum atomic E-state index is 12.9. The summed E-state index contributed by atoms with van der Waals surface area (Å²) in [7, 11) is 0. The molecule has 0 fully saturated rings. The number of thiazole rings is 1. The molecule has 0 bridgehead atoms. The summed E-state index contributed by atoms with van der Waals surface area (Å²) in [6.07, 6.45) is 0.221. The van der Waals surface area contributed by atoms with E-state index in [1.807, 2.05) is 31.2 Å². The van der Waals surface area contributed by atoms with Crippen molar-refractivity contribution in [1.29, 1.82) is 0 Å². The van der Waals surface area contributed by atoms with Crippen molar-refractivity contribution >= 4 is 28.9 Å². The molecule has 0 aliphatic carbocycles. The number of hydrogen-bond acceptors (Lipinski definition) is 5. The average Bonchev–Trinajstić information content (AvgIpc) is 3.11. The molecule has 3 rings (SSSR count). The van der Waals surface area contributed by atoms with Crippen molar-refractivity contribution in [3.63, 3.8) is 0 Å². The van der Waals surface area contributed by atoms with Gasteiger partial charge in [0.1, 0.15) is 17.4 Å². The van der Waals surface area contributed by atoms with Gasteiger partial charge in [-0.05, 0) is 36.2 Å². The molecule has 144 valence electrons. The number of aryl methyl sites for hydroxylation is 1. The molecule has 2 aromatic carbocycles. The van der Waals surface area contributed by atoms with Gasteiger partial charge in [-0.1, -0.05) is 30.3 Å². The van der Waals surface area contributed by atoms with Crippen LogP contribution in [0, 0.1) is 12.7 Å². The van der Waals surface area contributed by atoms with Crippen molar-refractivity contribution < 1.29 is 18.7 Å². The zero-order valence-electron chi connectivity index (χ0n) is 15.3. The Hall–Kier alpha value is -3.06. The maximum Gasteiger partial charge on any atom is 0.310 e. The second kappa shape index (κ2) is 9.23. The lowest BCUT2D eigenvalue weighted by atomic mass is 10.1. The standard InChI is InChI=1S/C21H19FN2O3S/c1-14-4-2-3-5-18(14)24-19(25)11-20-23-17(13-28-20)12-27-21(26)10-15-6-8-16(22)9-7-15/h2-9,13H,10-12H2,1H3,(H,24,25). The van der Waals surface area contributed by atoms with Crippen LogP contribution in [0.1, 0.15) is 21.8 Å². The lowest BCUT2D eigenvalue weighted by molar-refractivity contribution is -0.144. The van der Waals surface area contributed by atoms with Crippen LogP contribution in [-0.4, -0.2) is 16.9 Å². The Morgan fingerprint density at radius 1 is 1.11 bits per heavy atom. The van der Waals surface area contributed by atoms with E-state index in [1.54, 1.807) is 17.5 Å². The van der Waals surface area contributed by atoms with Crippen LogP contribution in [-0.2, 0) is 33.8 Å². The highest BCUT2D eigenvalue weighted by Gasteiger charge is 2.11.